The molecule has 0 radical (unpaired) electrons. The number of aromatic nitrogens is 2. The average Bonchev–Trinajstić information content (AvgIpc) is 3.09. The number of nitrogens with one attached hydrogen (secondary N) is 1. The Bertz CT molecular complexity index is 1590. The van der Waals surface area contributed by atoms with E-state index in [9.17, 15) is 28.6 Å². The second-order valence-electron chi connectivity index (χ2n) is 13.8. The van der Waals surface area contributed by atoms with E-state index in [1.807, 2.05) is 13.8 Å². The van der Waals surface area contributed by atoms with Gasteiger partial charge in [0.05, 0.1) is 12.0 Å². The third-order valence-corrected chi connectivity index (χ3v) is 11.8. The molecule has 0 aliphatic carbocycles. The SMILES string of the molecule is COC(n1ccc(NC(=O)CC(C)(C)CCC(CCSCc2ccc(F)cc2)SCc2ccc(F)cc2)nc1=O)C(F)(F)C(C)(CO)[C@H](C)CO. The van der Waals surface area contributed by atoms with Gasteiger partial charge in [0.15, 0.2) is 0 Å². The minimum absolute atomic E-state index is 0.102. The Hall–Kier alpha value is -2.91. The molecule has 1 aromatic heterocycles. The van der Waals surface area contributed by atoms with Crippen LogP contribution in [0, 0.1) is 28.4 Å². The van der Waals surface area contributed by atoms with Crippen LogP contribution in [0.25, 0.3) is 0 Å². The van der Waals surface area contributed by atoms with Crippen LogP contribution >= 0.6 is 23.5 Å². The van der Waals surface area contributed by atoms with Crippen LogP contribution in [0.3, 0.4) is 0 Å². The molecule has 0 aliphatic heterocycles. The van der Waals surface area contributed by atoms with Crippen LogP contribution in [0.4, 0.5) is 23.4 Å². The number of ether oxygens (including phenoxy) is 1. The summed E-state index contributed by atoms with van der Waals surface area (Å²) in [6.07, 6.45) is 1.45. The third kappa shape index (κ3) is 12.1. The number of hydrogen-bond acceptors (Lipinski definition) is 8. The van der Waals surface area contributed by atoms with Crippen molar-refractivity contribution in [2.24, 2.45) is 16.7 Å². The molecular weight excluding hydrogens is 707 g/mol. The van der Waals surface area contributed by atoms with E-state index in [1.54, 1.807) is 47.8 Å². The van der Waals surface area contributed by atoms with E-state index in [4.69, 9.17) is 4.74 Å². The number of halogens is 4. The monoisotopic (exact) mass is 755 g/mol. The number of aliphatic hydroxyl groups excluding tert-OH is 2. The van der Waals surface area contributed by atoms with Crippen molar-refractivity contribution in [1.29, 1.82) is 0 Å². The molecule has 0 fully saturated rings. The minimum atomic E-state index is -3.80. The molecule has 1 heterocycles. The summed E-state index contributed by atoms with van der Waals surface area (Å²) in [4.78, 5) is 29.8. The molecule has 4 atom stereocenters. The highest BCUT2D eigenvalue weighted by Gasteiger charge is 2.59. The number of thioether (sulfide) groups is 2. The van der Waals surface area contributed by atoms with Crippen molar-refractivity contribution < 1.29 is 37.3 Å². The second-order valence-corrected chi connectivity index (χ2v) is 16.2. The highest BCUT2D eigenvalue weighted by molar-refractivity contribution is 7.99. The Balaban J connectivity index is 1.62. The predicted molar refractivity (Wildman–Crippen MR) is 196 cm³/mol. The summed E-state index contributed by atoms with van der Waals surface area (Å²) in [6, 6.07) is 14.1. The third-order valence-electron chi connectivity index (χ3n) is 9.28. The number of carbonyl (C=O) groups excluding carboxylic acids is 1. The Kier molecular flexibility index (Phi) is 16.0. The van der Waals surface area contributed by atoms with Crippen LogP contribution in [0.1, 0.15) is 70.7 Å². The van der Waals surface area contributed by atoms with Crippen molar-refractivity contribution in [1.82, 2.24) is 9.55 Å². The topological polar surface area (TPSA) is 114 Å². The molecular formula is C37H49F4N3O5S2. The fourth-order valence-electron chi connectivity index (χ4n) is 5.52. The first-order chi connectivity index (χ1) is 24.0. The maximum atomic E-state index is 15.7. The van der Waals surface area contributed by atoms with Gasteiger partial charge >= 0.3 is 5.69 Å². The maximum Gasteiger partial charge on any atom is 0.351 e. The number of rotatable bonds is 21. The lowest BCUT2D eigenvalue weighted by Crippen LogP contribution is -2.54. The number of alkyl halides is 2. The average molecular weight is 756 g/mol. The van der Waals surface area contributed by atoms with Crippen LogP contribution in [0.15, 0.2) is 65.6 Å². The minimum Gasteiger partial charge on any atom is -0.396 e. The fourth-order valence-corrected chi connectivity index (χ4v) is 7.89. The first kappa shape index (κ1) is 42.5. The lowest BCUT2D eigenvalue weighted by atomic mass is 9.73. The number of hydrogen-bond donors (Lipinski definition) is 3. The second kappa shape index (κ2) is 19.2. The van der Waals surface area contributed by atoms with Gasteiger partial charge in [-0.3, -0.25) is 9.36 Å². The summed E-state index contributed by atoms with van der Waals surface area (Å²) in [6.45, 7) is 4.82. The molecule has 0 saturated heterocycles. The van der Waals surface area contributed by atoms with Crippen molar-refractivity contribution in [3.8, 4) is 0 Å². The lowest BCUT2D eigenvalue weighted by Gasteiger charge is -2.43. The molecule has 0 aliphatic rings. The lowest BCUT2D eigenvalue weighted by molar-refractivity contribution is -0.251. The van der Waals surface area contributed by atoms with Gasteiger partial charge in [0.25, 0.3) is 5.92 Å². The molecule has 8 nitrogen and oxygen atoms in total. The molecule has 51 heavy (non-hydrogen) atoms. The van der Waals surface area contributed by atoms with E-state index in [1.165, 1.54) is 37.3 Å². The van der Waals surface area contributed by atoms with Gasteiger partial charge in [0.2, 0.25) is 12.1 Å². The molecule has 14 heteroatoms. The fraction of sp³-hybridized carbons (Fsp3) is 0.541. The standard InChI is InChI=1S/C37H49F4N3O5S2/c1-25(21-45)36(4,24-46)37(40,41)33(49-5)44-18-15-31(43-34(44)48)42-32(47)20-35(2,3)17-14-30(51-23-27-8-12-29(39)13-9-27)16-19-50-22-26-6-10-28(38)11-7-26/h6-13,15,18,25,30,33,45-46H,14,16-17,19-24H2,1-5H3,(H,42,43,47,48)/t25-,30?,33?,36?/m1/s1. The Morgan fingerprint density at radius 3 is 2.08 bits per heavy atom. The zero-order valence-electron chi connectivity index (χ0n) is 29.7. The van der Waals surface area contributed by atoms with Gasteiger partial charge in [0.1, 0.15) is 17.5 Å². The molecule has 3 rings (SSSR count). The first-order valence-corrected chi connectivity index (χ1v) is 18.9. The van der Waals surface area contributed by atoms with Crippen LogP contribution in [-0.2, 0) is 21.0 Å². The largest absolute Gasteiger partial charge is 0.396 e. The van der Waals surface area contributed by atoms with Crippen molar-refractivity contribution >= 4 is 35.2 Å². The molecule has 1 amide bonds. The summed E-state index contributed by atoms with van der Waals surface area (Å²) in [7, 11) is 1.00. The Labute approximate surface area is 305 Å². The number of aliphatic hydroxyl groups is 2. The van der Waals surface area contributed by atoms with Gasteiger partial charge in [-0.2, -0.15) is 28.5 Å². The number of carbonyl (C=O) groups is 1. The predicted octanol–water partition coefficient (Wildman–Crippen LogP) is 7.69. The van der Waals surface area contributed by atoms with Gasteiger partial charge < -0.3 is 20.3 Å². The molecule has 2 aromatic carbocycles. The highest BCUT2D eigenvalue weighted by atomic mass is 32.2. The molecule has 0 bridgehead atoms. The number of benzene rings is 2. The summed E-state index contributed by atoms with van der Waals surface area (Å²) >= 11 is 3.55. The summed E-state index contributed by atoms with van der Waals surface area (Å²) in [5.74, 6) is -3.53. The van der Waals surface area contributed by atoms with Gasteiger partial charge in [-0.1, -0.05) is 52.0 Å². The van der Waals surface area contributed by atoms with E-state index in [0.717, 1.165) is 55.7 Å². The zero-order valence-corrected chi connectivity index (χ0v) is 31.3. The van der Waals surface area contributed by atoms with Gasteiger partial charge in [-0.05, 0) is 77.8 Å². The number of amides is 1. The Morgan fingerprint density at radius 1 is 0.961 bits per heavy atom. The maximum absolute atomic E-state index is 15.7. The van der Waals surface area contributed by atoms with Crippen LogP contribution in [-0.4, -0.2) is 62.9 Å². The Morgan fingerprint density at radius 2 is 1.55 bits per heavy atom. The number of nitrogens with zero attached hydrogens (tertiary/aromatic N) is 2. The summed E-state index contributed by atoms with van der Waals surface area (Å²) < 4.78 is 63.7. The smallest absolute Gasteiger partial charge is 0.351 e. The van der Waals surface area contributed by atoms with E-state index in [0.29, 0.717) is 16.7 Å². The van der Waals surface area contributed by atoms with Crippen LogP contribution < -0.4 is 11.0 Å². The van der Waals surface area contributed by atoms with E-state index >= 15 is 8.78 Å². The zero-order chi connectivity index (χ0) is 37.8. The summed E-state index contributed by atoms with van der Waals surface area (Å²) in [5, 5.41) is 22.2. The van der Waals surface area contributed by atoms with Gasteiger partial charge in [0, 0.05) is 43.1 Å². The van der Waals surface area contributed by atoms with Crippen molar-refractivity contribution in [3.05, 3.63) is 94.0 Å². The van der Waals surface area contributed by atoms with Crippen LogP contribution in [0.2, 0.25) is 0 Å². The quantitative estimate of drug-likeness (QED) is 0.0750. The molecule has 0 saturated carbocycles. The normalized spacial score (nSPS) is 15.2. The van der Waals surface area contributed by atoms with Crippen LogP contribution in [0.5, 0.6) is 0 Å². The molecule has 3 unspecified atom stereocenters. The van der Waals surface area contributed by atoms with Gasteiger partial charge in [-0.25, -0.2) is 22.4 Å². The molecule has 282 valence electrons. The highest BCUT2D eigenvalue weighted by Crippen LogP contribution is 2.48. The first-order valence-electron chi connectivity index (χ1n) is 16.7. The van der Waals surface area contributed by atoms with Crippen molar-refractivity contribution in [2.75, 3.05) is 31.4 Å². The number of methoxy groups -OCH3 is 1. The molecule has 3 N–H and O–H groups in total. The van der Waals surface area contributed by atoms with Crippen molar-refractivity contribution in [2.45, 2.75) is 82.3 Å². The van der Waals surface area contributed by atoms with Crippen molar-refractivity contribution in [3.63, 3.8) is 0 Å². The van der Waals surface area contributed by atoms with E-state index in [-0.39, 0.29) is 29.1 Å². The van der Waals surface area contributed by atoms with E-state index < -0.39 is 53.7 Å². The molecule has 3 aromatic rings. The summed E-state index contributed by atoms with van der Waals surface area (Å²) in [5.41, 5.74) is -1.59. The number of anilines is 1. The molecule has 0 spiro atoms. The van der Waals surface area contributed by atoms with Gasteiger partial charge in [-0.15, -0.1) is 0 Å². The van der Waals surface area contributed by atoms with E-state index in [2.05, 4.69) is 10.3 Å².